The lowest BCUT2D eigenvalue weighted by Crippen LogP contribution is -2.39. The number of carbonyl (C=O) groups excluding carboxylic acids is 1. The van der Waals surface area contributed by atoms with Gasteiger partial charge in [-0.2, -0.15) is 5.10 Å². The number of pyridine rings is 1. The summed E-state index contributed by atoms with van der Waals surface area (Å²) in [5.41, 5.74) is 3.25. The van der Waals surface area contributed by atoms with Gasteiger partial charge in [0.15, 0.2) is 11.5 Å². The van der Waals surface area contributed by atoms with Crippen molar-refractivity contribution in [3.8, 4) is 11.3 Å². The van der Waals surface area contributed by atoms with Gasteiger partial charge in [-0.15, -0.1) is 0 Å². The molecule has 10 nitrogen and oxygen atoms in total. The molecular weight excluding hydrogens is 408 g/mol. The molecule has 0 unspecified atom stereocenters. The van der Waals surface area contributed by atoms with Crippen molar-refractivity contribution in [2.75, 3.05) is 55.3 Å². The minimum Gasteiger partial charge on any atom is -0.380 e. The van der Waals surface area contributed by atoms with E-state index in [9.17, 15) is 4.79 Å². The number of imidazole rings is 1. The van der Waals surface area contributed by atoms with Crippen LogP contribution in [0.4, 0.5) is 17.3 Å². The second-order valence-corrected chi connectivity index (χ2v) is 8.13. The lowest BCUT2D eigenvalue weighted by Gasteiger charge is -2.26. The number of amides is 1. The monoisotopic (exact) mass is 438 g/mol. The number of nitrogens with one attached hydrogen (secondary N) is 3. The summed E-state index contributed by atoms with van der Waals surface area (Å²) in [6.45, 7) is 10.9. The van der Waals surface area contributed by atoms with Crippen LogP contribution >= 0.6 is 0 Å². The summed E-state index contributed by atoms with van der Waals surface area (Å²) in [5.74, 6) is 1.13. The van der Waals surface area contributed by atoms with E-state index in [4.69, 9.17) is 4.74 Å². The summed E-state index contributed by atoms with van der Waals surface area (Å²) >= 11 is 0. The highest BCUT2D eigenvalue weighted by atomic mass is 16.5. The molecule has 10 heteroatoms. The van der Waals surface area contributed by atoms with Gasteiger partial charge in [-0.25, -0.2) is 14.5 Å². The molecule has 1 saturated heterocycles. The van der Waals surface area contributed by atoms with E-state index in [0.29, 0.717) is 11.5 Å². The summed E-state index contributed by atoms with van der Waals surface area (Å²) in [5, 5.41) is 14.3. The molecule has 4 rings (SSSR count). The fourth-order valence-electron chi connectivity index (χ4n) is 3.60. The normalized spacial score (nSPS) is 14.6. The van der Waals surface area contributed by atoms with Crippen LogP contribution in [-0.2, 0) is 9.53 Å². The summed E-state index contributed by atoms with van der Waals surface area (Å²) in [6, 6.07) is 6.10. The number of nitrogens with zero attached hydrogens (tertiary/aromatic N) is 5. The molecule has 1 aliphatic rings. The van der Waals surface area contributed by atoms with E-state index in [0.717, 1.165) is 62.2 Å². The summed E-state index contributed by atoms with van der Waals surface area (Å²) in [7, 11) is 0. The van der Waals surface area contributed by atoms with Gasteiger partial charge in [0.1, 0.15) is 5.82 Å². The van der Waals surface area contributed by atoms with E-state index >= 15 is 0 Å². The number of hydrogen-bond donors (Lipinski definition) is 3. The Morgan fingerprint density at radius 3 is 2.81 bits per heavy atom. The van der Waals surface area contributed by atoms with Crippen LogP contribution in [0.15, 0.2) is 30.6 Å². The van der Waals surface area contributed by atoms with Gasteiger partial charge in [-0.05, 0) is 32.0 Å². The third-order valence-corrected chi connectivity index (χ3v) is 5.08. The van der Waals surface area contributed by atoms with Crippen LogP contribution < -0.4 is 16.0 Å². The summed E-state index contributed by atoms with van der Waals surface area (Å²) in [4.78, 5) is 22.7. The molecule has 3 N–H and O–H groups in total. The van der Waals surface area contributed by atoms with E-state index in [1.165, 1.54) is 6.92 Å². The van der Waals surface area contributed by atoms with Crippen molar-refractivity contribution in [1.82, 2.24) is 24.5 Å². The van der Waals surface area contributed by atoms with E-state index in [2.05, 4.69) is 55.8 Å². The molecule has 3 aromatic heterocycles. The molecule has 3 aromatic rings. The van der Waals surface area contributed by atoms with Gasteiger partial charge in [-0.3, -0.25) is 9.69 Å². The van der Waals surface area contributed by atoms with Crippen LogP contribution in [0.25, 0.3) is 16.9 Å². The molecule has 0 bridgehead atoms. The number of hydrogen-bond acceptors (Lipinski definition) is 8. The molecule has 170 valence electrons. The number of morpholine rings is 1. The predicted molar refractivity (Wildman–Crippen MR) is 125 cm³/mol. The van der Waals surface area contributed by atoms with Crippen molar-refractivity contribution in [3.63, 3.8) is 0 Å². The van der Waals surface area contributed by atoms with Gasteiger partial charge >= 0.3 is 0 Å². The third-order valence-electron chi connectivity index (χ3n) is 5.08. The maximum absolute atomic E-state index is 11.3. The first-order valence-electron chi connectivity index (χ1n) is 10.9. The molecule has 1 amide bonds. The summed E-state index contributed by atoms with van der Waals surface area (Å²) in [6.07, 6.45) is 3.52. The van der Waals surface area contributed by atoms with Crippen molar-refractivity contribution < 1.29 is 9.53 Å². The first-order valence-corrected chi connectivity index (χ1v) is 10.9. The van der Waals surface area contributed by atoms with E-state index < -0.39 is 0 Å². The second-order valence-electron chi connectivity index (χ2n) is 8.13. The van der Waals surface area contributed by atoms with Crippen molar-refractivity contribution in [1.29, 1.82) is 0 Å². The first-order chi connectivity index (χ1) is 15.5. The Balaban J connectivity index is 1.52. The molecule has 0 aromatic carbocycles. The lowest BCUT2D eigenvalue weighted by atomic mass is 10.1. The fourth-order valence-corrected chi connectivity index (χ4v) is 3.60. The number of ether oxygens (including phenoxy) is 1. The van der Waals surface area contributed by atoms with E-state index in [1.807, 2.05) is 18.3 Å². The average molecular weight is 439 g/mol. The van der Waals surface area contributed by atoms with Crippen molar-refractivity contribution in [3.05, 3.63) is 30.6 Å². The predicted octanol–water partition coefficient (Wildman–Crippen LogP) is 2.31. The molecule has 0 aliphatic carbocycles. The standard InChI is InChI=1S/C22H30N8O2/c1-15(2)25-19-12-17(13-24-22(19)23-6-7-29-8-10-32-11-9-29)18-4-5-21-27-20(26-16(3)31)14-30(21)28-18/h4-5,12-15,25H,6-11H2,1-3H3,(H,23,24)(H,26,31). The van der Waals surface area contributed by atoms with Crippen LogP contribution in [-0.4, -0.2) is 75.8 Å². The number of fused-ring (bicyclic) bond motifs is 1. The molecule has 0 radical (unpaired) electrons. The van der Waals surface area contributed by atoms with Gasteiger partial charge in [0.05, 0.1) is 30.8 Å². The Hall–Kier alpha value is -3.24. The van der Waals surface area contributed by atoms with Crippen LogP contribution in [0.5, 0.6) is 0 Å². The quantitative estimate of drug-likeness (QED) is 0.492. The zero-order valence-electron chi connectivity index (χ0n) is 18.8. The highest BCUT2D eigenvalue weighted by Gasteiger charge is 2.13. The maximum atomic E-state index is 11.3. The molecule has 0 saturated carbocycles. The van der Waals surface area contributed by atoms with E-state index in [1.54, 1.807) is 10.7 Å². The number of aromatic nitrogens is 4. The molecule has 0 spiro atoms. The van der Waals surface area contributed by atoms with Crippen LogP contribution in [0.3, 0.4) is 0 Å². The van der Waals surface area contributed by atoms with E-state index in [-0.39, 0.29) is 11.9 Å². The molecular formula is C22H30N8O2. The van der Waals surface area contributed by atoms with Gasteiger partial charge in [0.25, 0.3) is 0 Å². The maximum Gasteiger partial charge on any atom is 0.222 e. The first kappa shape index (κ1) is 22.0. The number of rotatable bonds is 8. The Kier molecular flexibility index (Phi) is 6.81. The topological polar surface area (TPSA) is 109 Å². The molecule has 0 atom stereocenters. The van der Waals surface area contributed by atoms with Gasteiger partial charge in [0.2, 0.25) is 5.91 Å². The Labute approximate surface area is 187 Å². The molecule has 1 fully saturated rings. The van der Waals surface area contributed by atoms with Crippen molar-refractivity contribution in [2.24, 2.45) is 0 Å². The molecule has 32 heavy (non-hydrogen) atoms. The minimum absolute atomic E-state index is 0.168. The second kappa shape index (κ2) is 9.92. The SMILES string of the molecule is CC(=O)Nc1cn2nc(-c3cnc(NCCN4CCOCC4)c(NC(C)C)c3)ccc2n1. The Morgan fingerprint density at radius 1 is 1.25 bits per heavy atom. The van der Waals surface area contributed by atoms with Gasteiger partial charge in [0, 0.05) is 50.9 Å². The van der Waals surface area contributed by atoms with Gasteiger partial charge < -0.3 is 20.7 Å². The van der Waals surface area contributed by atoms with Crippen LogP contribution in [0, 0.1) is 0 Å². The highest BCUT2D eigenvalue weighted by Crippen LogP contribution is 2.27. The zero-order chi connectivity index (χ0) is 22.5. The summed E-state index contributed by atoms with van der Waals surface area (Å²) < 4.78 is 7.07. The fraction of sp³-hybridized carbons (Fsp3) is 0.455. The molecule has 1 aliphatic heterocycles. The zero-order valence-corrected chi connectivity index (χ0v) is 18.8. The Morgan fingerprint density at radius 2 is 2.06 bits per heavy atom. The smallest absolute Gasteiger partial charge is 0.222 e. The van der Waals surface area contributed by atoms with Crippen LogP contribution in [0.1, 0.15) is 20.8 Å². The molecule has 4 heterocycles. The third kappa shape index (κ3) is 5.51. The largest absolute Gasteiger partial charge is 0.380 e. The highest BCUT2D eigenvalue weighted by molar-refractivity contribution is 5.87. The number of anilines is 3. The Bertz CT molecular complexity index is 1070. The average Bonchev–Trinajstić information content (AvgIpc) is 3.15. The van der Waals surface area contributed by atoms with Crippen molar-refractivity contribution >= 4 is 28.9 Å². The number of carbonyl (C=O) groups is 1. The lowest BCUT2D eigenvalue weighted by molar-refractivity contribution is -0.114. The van der Waals surface area contributed by atoms with Crippen molar-refractivity contribution in [2.45, 2.75) is 26.8 Å². The van der Waals surface area contributed by atoms with Crippen LogP contribution in [0.2, 0.25) is 0 Å². The minimum atomic E-state index is -0.168. The van der Waals surface area contributed by atoms with Gasteiger partial charge in [-0.1, -0.05) is 0 Å².